The number of fused-ring (bicyclic) bond motifs is 8. The lowest BCUT2D eigenvalue weighted by molar-refractivity contribution is 0.0591. The van der Waals surface area contributed by atoms with Gasteiger partial charge in [0.25, 0.3) is 0 Å². The second-order valence-electron chi connectivity index (χ2n) is 31.7. The number of methoxy groups -OCH3 is 2. The molecular weight excluding hydrogens is 1730 g/mol. The first-order valence-corrected chi connectivity index (χ1v) is 43.1. The molecule has 0 amide bonds. The number of pyridine rings is 4. The van der Waals surface area contributed by atoms with Crippen molar-refractivity contribution in [3.8, 4) is 67.5 Å². The van der Waals surface area contributed by atoms with Crippen molar-refractivity contribution >= 4 is 78.3 Å². The Morgan fingerprint density at radius 3 is 1.13 bits per heavy atom. The molecule has 0 radical (unpaired) electrons. The average Bonchev–Trinajstić information content (AvgIpc) is 1.67. The van der Waals surface area contributed by atoms with Gasteiger partial charge in [0.15, 0.2) is 52.8 Å². The number of aromatic amines is 1. The first kappa shape index (κ1) is 88.6. The zero-order chi connectivity index (χ0) is 90.4. The van der Waals surface area contributed by atoms with Crippen LogP contribution in [0, 0.1) is 74.2 Å². The van der Waals surface area contributed by atoms with Crippen molar-refractivity contribution in [1.29, 1.82) is 0 Å². The molecule has 0 saturated heterocycles. The highest BCUT2D eigenvalue weighted by Crippen LogP contribution is 2.43. The SMILES string of the molecule is COC(=O)c1c(C)nc2[nH]ccc2c1-c1ccc2c(c1)CCCO2.COC(=O)c1c(C)nc2c(ccn2Cc2ccc(F)c(F)c2)c1-c1ccc2c(c1)CCCO2.Cc1nc2c(ccn2Cc2ccc(F)c(F)c2)c(-c2ccc3c(c2)CCCO3)c1C=O.Cc1nc2c(ccn2Cc2ccc(F)c(F)c2)c(-c2ccc3c(c2)CCCO3)c1CO.Fc1ccc(CBr)cc1F. The van der Waals surface area contributed by atoms with Gasteiger partial charge in [-0.05, 0) is 273 Å². The van der Waals surface area contributed by atoms with E-state index < -0.39 is 52.5 Å². The molecule has 20 rings (SSSR count). The number of rotatable bonds is 15. The van der Waals surface area contributed by atoms with Crippen LogP contribution in [0.2, 0.25) is 0 Å². The fourth-order valence-corrected chi connectivity index (χ4v) is 17.4. The summed E-state index contributed by atoms with van der Waals surface area (Å²) in [7, 11) is 2.75. The number of hydrogen-bond donors (Lipinski definition) is 2. The van der Waals surface area contributed by atoms with Gasteiger partial charge in [0, 0.05) is 105 Å². The summed E-state index contributed by atoms with van der Waals surface area (Å²) in [5, 5.41) is 14.1. The van der Waals surface area contributed by atoms with Crippen LogP contribution in [-0.4, -0.2) is 103 Å². The van der Waals surface area contributed by atoms with Crippen molar-refractivity contribution < 1.29 is 83.0 Å². The maximum absolute atomic E-state index is 13.7. The summed E-state index contributed by atoms with van der Waals surface area (Å²) in [6.45, 7) is 11.1. The van der Waals surface area contributed by atoms with Crippen LogP contribution >= 0.6 is 15.9 Å². The van der Waals surface area contributed by atoms with Crippen LogP contribution in [0.3, 0.4) is 0 Å². The number of aliphatic hydroxyl groups is 1. The third-order valence-electron chi connectivity index (χ3n) is 23.3. The summed E-state index contributed by atoms with van der Waals surface area (Å²) in [6.07, 6.45) is 16.0. The van der Waals surface area contributed by atoms with Gasteiger partial charge < -0.3 is 52.2 Å². The summed E-state index contributed by atoms with van der Waals surface area (Å²) in [5.74, 6) is -4.07. The van der Waals surface area contributed by atoms with Gasteiger partial charge in [-0.3, -0.25) is 4.79 Å². The predicted molar refractivity (Wildman–Crippen MR) is 481 cm³/mol. The fourth-order valence-electron chi connectivity index (χ4n) is 17.0. The molecule has 8 aromatic carbocycles. The van der Waals surface area contributed by atoms with Gasteiger partial charge in [-0.2, -0.15) is 0 Å². The molecule has 0 atom stereocenters. The quantitative estimate of drug-likeness (QED) is 0.0424. The summed E-state index contributed by atoms with van der Waals surface area (Å²) in [6, 6.07) is 47.4. The Morgan fingerprint density at radius 2 is 0.752 bits per heavy atom. The first-order valence-electron chi connectivity index (χ1n) is 42.0. The highest BCUT2D eigenvalue weighted by molar-refractivity contribution is 9.08. The summed E-state index contributed by atoms with van der Waals surface area (Å²) in [4.78, 5) is 58.8. The van der Waals surface area contributed by atoms with Crippen LogP contribution < -0.4 is 18.9 Å². The van der Waals surface area contributed by atoms with Gasteiger partial charge >= 0.3 is 11.9 Å². The van der Waals surface area contributed by atoms with Crippen LogP contribution in [0.4, 0.5) is 35.1 Å². The van der Waals surface area contributed by atoms with Gasteiger partial charge in [0.1, 0.15) is 45.6 Å². The molecule has 16 aromatic rings. The maximum atomic E-state index is 13.7. The first-order chi connectivity index (χ1) is 62.5. The number of H-pyrrole nitrogens is 1. The third kappa shape index (κ3) is 18.7. The van der Waals surface area contributed by atoms with E-state index in [1.54, 1.807) is 25.1 Å². The number of ether oxygens (including phenoxy) is 6. The van der Waals surface area contributed by atoms with Crippen molar-refractivity contribution in [1.82, 2.24) is 38.6 Å². The number of aliphatic hydroxyl groups excluding tert-OH is 1. The Bertz CT molecular complexity index is 7030. The standard InChI is InChI=1S/C26H22F2N2O3.C25H22F2N2O2.C25H20F2N2O2.C19H18N2O3.C7H5BrF2/c1-15-23(26(31)32-2)24(18-6-8-22-17(13-18)4-3-11-33-22)19-9-10-30(25(19)29-15)14-16-5-7-20(27)21(28)12-16;2*1-15-20(14-30)24(18-5-7-23-17(12-18)3-2-10-31-23)19-8-9-29(25(19)28-15)13-16-4-6-21(26)22(27)11-16;1-11-16(19(22)23-2)17(14-7-8-20-18(14)21-11)13-5-6-15-12(10-13)4-3-9-24-15;8-4-5-1-2-6(9)7(10)3-5/h5-10,12-13H,3-4,11,14H2,1-2H3;4-9,11-12,30H,2-3,10,13-14H2,1H3;4-9,11-12,14H,2-3,10,13H2,1H3;5-8,10H,3-4,9H2,1-2H3,(H,20,21);1-3H,4H2. The third-order valence-corrected chi connectivity index (χ3v) is 24.0. The predicted octanol–water partition coefficient (Wildman–Crippen LogP) is 22.6. The highest BCUT2D eigenvalue weighted by atomic mass is 79.9. The molecular formula is C102H87BrF8N8O10. The molecule has 0 spiro atoms. The van der Waals surface area contributed by atoms with Crippen molar-refractivity contribution in [2.45, 2.75) is 111 Å². The number of aldehydes is 1. The minimum absolute atomic E-state index is 0.119. The number of aryl methyl sites for hydroxylation is 8. The molecule has 2 N–H and O–H groups in total. The van der Waals surface area contributed by atoms with Gasteiger partial charge in [0.2, 0.25) is 0 Å². The number of alkyl halides is 1. The van der Waals surface area contributed by atoms with Gasteiger partial charge in [-0.1, -0.05) is 64.5 Å². The molecule has 129 heavy (non-hydrogen) atoms. The molecule has 27 heteroatoms. The van der Waals surface area contributed by atoms with Crippen LogP contribution in [0.15, 0.2) is 195 Å². The van der Waals surface area contributed by atoms with Crippen LogP contribution in [0.1, 0.15) is 130 Å². The largest absolute Gasteiger partial charge is 0.493 e. The number of benzene rings is 8. The lowest BCUT2D eigenvalue weighted by Crippen LogP contribution is -2.11. The number of halogens is 9. The second-order valence-corrected chi connectivity index (χ2v) is 32.3. The van der Waals surface area contributed by atoms with E-state index in [-0.39, 0.29) is 12.6 Å². The zero-order valence-corrected chi connectivity index (χ0v) is 72.8. The molecule has 18 nitrogen and oxygen atoms in total. The second kappa shape index (κ2) is 38.8. The van der Waals surface area contributed by atoms with Crippen molar-refractivity contribution in [3.63, 3.8) is 0 Å². The van der Waals surface area contributed by atoms with E-state index in [4.69, 9.17) is 33.4 Å². The van der Waals surface area contributed by atoms with Gasteiger partial charge in [0.05, 0.1) is 75.5 Å². The Hall–Kier alpha value is -13.8. The van der Waals surface area contributed by atoms with Crippen LogP contribution in [0.5, 0.6) is 23.0 Å². The Labute approximate surface area is 745 Å². The number of esters is 2. The van der Waals surface area contributed by atoms with Crippen molar-refractivity contribution in [2.24, 2.45) is 0 Å². The molecule has 0 saturated carbocycles. The average molecular weight is 1820 g/mol. The lowest BCUT2D eigenvalue weighted by Gasteiger charge is -2.19. The Kier molecular flexibility index (Phi) is 26.7. The molecule has 12 heterocycles. The lowest BCUT2D eigenvalue weighted by atomic mass is 9.93. The molecule has 0 aliphatic carbocycles. The Morgan fingerprint density at radius 1 is 0.411 bits per heavy atom. The number of hydrogen-bond acceptors (Lipinski definition) is 14. The van der Waals surface area contributed by atoms with E-state index in [9.17, 15) is 54.6 Å². The van der Waals surface area contributed by atoms with Gasteiger partial charge in [-0.25, -0.2) is 64.6 Å². The van der Waals surface area contributed by atoms with E-state index >= 15 is 0 Å². The fraction of sp³-hybridized carbons (Fsp3) is 0.225. The van der Waals surface area contributed by atoms with Crippen LogP contribution in [0.25, 0.3) is 88.6 Å². The topological polar surface area (TPSA) is 209 Å². The van der Waals surface area contributed by atoms with E-state index in [1.165, 1.54) is 50.1 Å². The summed E-state index contributed by atoms with van der Waals surface area (Å²) >= 11 is 3.13. The minimum Gasteiger partial charge on any atom is -0.493 e. The molecule has 0 unspecified atom stereocenters. The monoisotopic (exact) mass is 1810 g/mol. The summed E-state index contributed by atoms with van der Waals surface area (Å²) < 4.78 is 144. The number of aromatic nitrogens is 8. The number of nitrogens with one attached hydrogen (secondary N) is 1. The van der Waals surface area contributed by atoms with E-state index in [0.29, 0.717) is 93.3 Å². The van der Waals surface area contributed by atoms with Crippen molar-refractivity contribution in [2.75, 3.05) is 40.6 Å². The van der Waals surface area contributed by atoms with E-state index in [0.717, 1.165) is 236 Å². The molecule has 8 aromatic heterocycles. The molecule has 4 aliphatic heterocycles. The van der Waals surface area contributed by atoms with E-state index in [2.05, 4.69) is 60.1 Å². The minimum atomic E-state index is -0.891. The number of nitrogens with zero attached hydrogens (tertiary/aromatic N) is 7. The number of carbonyl (C=O) groups is 3. The molecule has 0 bridgehead atoms. The highest BCUT2D eigenvalue weighted by Gasteiger charge is 2.29. The smallest absolute Gasteiger partial charge is 0.340 e. The van der Waals surface area contributed by atoms with Crippen LogP contribution in [-0.2, 0) is 66.7 Å². The van der Waals surface area contributed by atoms with E-state index in [1.807, 2.05) is 132 Å². The van der Waals surface area contributed by atoms with Gasteiger partial charge in [-0.15, -0.1) is 0 Å². The zero-order valence-electron chi connectivity index (χ0n) is 71.2. The van der Waals surface area contributed by atoms with Crippen molar-refractivity contribution in [3.05, 3.63) is 331 Å². The normalized spacial score (nSPS) is 12.9. The Balaban J connectivity index is 0.000000122. The molecule has 658 valence electrons. The maximum Gasteiger partial charge on any atom is 0.340 e. The number of carbonyl (C=O) groups excluding carboxylic acids is 3. The molecule has 4 aliphatic rings. The molecule has 0 fully saturated rings. The summed E-state index contributed by atoms with van der Waals surface area (Å²) in [5.41, 5.74) is 22.0.